The van der Waals surface area contributed by atoms with Gasteiger partial charge in [0.1, 0.15) is 17.9 Å². The maximum atomic E-state index is 12.1. The van der Waals surface area contributed by atoms with Crippen LogP contribution in [0, 0.1) is 13.8 Å². The summed E-state index contributed by atoms with van der Waals surface area (Å²) in [7, 11) is 0. The number of ether oxygens (including phenoxy) is 2. The average Bonchev–Trinajstić information content (AvgIpc) is 2.76. The Morgan fingerprint density at radius 2 is 2.20 bits per heavy atom. The maximum Gasteiger partial charge on any atom is 0.257 e. The fourth-order valence-corrected chi connectivity index (χ4v) is 2.11. The molecule has 0 radical (unpaired) electrons. The fraction of sp³-hybridized carbons (Fsp3) is 0.462. The van der Waals surface area contributed by atoms with Gasteiger partial charge in [-0.25, -0.2) is 9.97 Å². The molecule has 0 aromatic carbocycles. The minimum absolute atomic E-state index is 0.253. The highest BCUT2D eigenvalue weighted by Crippen LogP contribution is 2.28. The molecule has 7 heteroatoms. The van der Waals surface area contributed by atoms with Gasteiger partial charge in [0.15, 0.2) is 6.10 Å². The van der Waals surface area contributed by atoms with Gasteiger partial charge >= 0.3 is 0 Å². The van der Waals surface area contributed by atoms with Gasteiger partial charge < -0.3 is 19.2 Å². The normalized spacial score (nSPS) is 19.2. The van der Waals surface area contributed by atoms with E-state index in [1.54, 1.807) is 0 Å². The van der Waals surface area contributed by atoms with Crippen LogP contribution in [0.2, 0.25) is 0 Å². The SMILES string of the molecule is Cc1oc2ncnc(NC(=O)[C@@H]3COCCO3)c2c1C. The summed E-state index contributed by atoms with van der Waals surface area (Å²) in [4.78, 5) is 20.3. The quantitative estimate of drug-likeness (QED) is 0.887. The predicted octanol–water partition coefficient (Wildman–Crippen LogP) is 1.19. The van der Waals surface area contributed by atoms with E-state index in [1.165, 1.54) is 6.33 Å². The van der Waals surface area contributed by atoms with Crippen molar-refractivity contribution in [3.8, 4) is 0 Å². The third-order valence-electron chi connectivity index (χ3n) is 3.32. The van der Waals surface area contributed by atoms with Crippen LogP contribution in [0.25, 0.3) is 11.1 Å². The number of furan rings is 1. The van der Waals surface area contributed by atoms with E-state index in [0.717, 1.165) is 16.7 Å². The standard InChI is InChI=1S/C13H15N3O4/c1-7-8(2)20-13-10(7)11(14-6-15-13)16-12(17)9-5-18-3-4-19-9/h6,9H,3-5H2,1-2H3,(H,14,15,16,17)/t9-/m0/s1. The lowest BCUT2D eigenvalue weighted by Gasteiger charge is -2.21. The molecule has 0 unspecified atom stereocenters. The number of aryl methyl sites for hydroxylation is 2. The minimum Gasteiger partial charge on any atom is -0.443 e. The van der Waals surface area contributed by atoms with Crippen molar-refractivity contribution in [2.45, 2.75) is 20.0 Å². The molecule has 7 nitrogen and oxygen atoms in total. The number of carbonyl (C=O) groups is 1. The van der Waals surface area contributed by atoms with Gasteiger partial charge in [0.2, 0.25) is 5.71 Å². The Labute approximate surface area is 115 Å². The van der Waals surface area contributed by atoms with Crippen molar-refractivity contribution in [2.75, 3.05) is 25.1 Å². The van der Waals surface area contributed by atoms with Crippen LogP contribution in [0.4, 0.5) is 5.82 Å². The van der Waals surface area contributed by atoms with Gasteiger partial charge in [0.25, 0.3) is 5.91 Å². The number of rotatable bonds is 2. The molecule has 1 fully saturated rings. The number of anilines is 1. The van der Waals surface area contributed by atoms with Gasteiger partial charge in [-0.1, -0.05) is 0 Å². The van der Waals surface area contributed by atoms with Crippen LogP contribution < -0.4 is 5.32 Å². The molecule has 1 saturated heterocycles. The molecule has 2 aromatic heterocycles. The Hall–Kier alpha value is -1.99. The first-order chi connectivity index (χ1) is 9.66. The lowest BCUT2D eigenvalue weighted by atomic mass is 10.2. The van der Waals surface area contributed by atoms with Crippen molar-refractivity contribution in [1.82, 2.24) is 9.97 Å². The molecule has 106 valence electrons. The molecule has 1 amide bonds. The van der Waals surface area contributed by atoms with Crippen molar-refractivity contribution >= 4 is 22.8 Å². The Bertz CT molecular complexity index is 646. The van der Waals surface area contributed by atoms with Gasteiger partial charge in [-0.2, -0.15) is 0 Å². The Morgan fingerprint density at radius 3 is 2.95 bits per heavy atom. The molecule has 1 aliphatic heterocycles. The number of nitrogens with one attached hydrogen (secondary N) is 1. The molecule has 0 saturated carbocycles. The number of hydrogen-bond donors (Lipinski definition) is 1. The topological polar surface area (TPSA) is 86.5 Å². The Morgan fingerprint density at radius 1 is 1.35 bits per heavy atom. The molecular formula is C13H15N3O4. The summed E-state index contributed by atoms with van der Waals surface area (Å²) in [5.41, 5.74) is 1.38. The number of aromatic nitrogens is 2. The van der Waals surface area contributed by atoms with Crippen LogP contribution in [0.3, 0.4) is 0 Å². The lowest BCUT2D eigenvalue weighted by Crippen LogP contribution is -2.39. The second-order valence-corrected chi connectivity index (χ2v) is 4.61. The first-order valence-corrected chi connectivity index (χ1v) is 6.37. The van der Waals surface area contributed by atoms with Gasteiger partial charge in [0.05, 0.1) is 25.2 Å². The second-order valence-electron chi connectivity index (χ2n) is 4.61. The van der Waals surface area contributed by atoms with Crippen molar-refractivity contribution < 1.29 is 18.7 Å². The number of carbonyl (C=O) groups excluding carboxylic acids is 1. The monoisotopic (exact) mass is 277 g/mol. The van der Waals surface area contributed by atoms with Crippen LogP contribution in [-0.4, -0.2) is 41.8 Å². The van der Waals surface area contributed by atoms with Crippen molar-refractivity contribution in [1.29, 1.82) is 0 Å². The van der Waals surface area contributed by atoms with Crippen LogP contribution in [0.15, 0.2) is 10.7 Å². The third kappa shape index (κ3) is 2.25. The van der Waals surface area contributed by atoms with E-state index in [4.69, 9.17) is 13.9 Å². The van der Waals surface area contributed by atoms with E-state index < -0.39 is 6.10 Å². The average molecular weight is 277 g/mol. The van der Waals surface area contributed by atoms with Crippen molar-refractivity contribution in [2.24, 2.45) is 0 Å². The molecule has 20 heavy (non-hydrogen) atoms. The van der Waals surface area contributed by atoms with E-state index in [0.29, 0.717) is 24.7 Å². The van der Waals surface area contributed by atoms with Crippen molar-refractivity contribution in [3.05, 3.63) is 17.7 Å². The first kappa shape index (κ1) is 13.0. The number of amides is 1. The molecule has 3 rings (SSSR count). The van der Waals surface area contributed by atoms with Crippen LogP contribution in [-0.2, 0) is 14.3 Å². The van der Waals surface area contributed by atoms with E-state index in [9.17, 15) is 4.79 Å². The van der Waals surface area contributed by atoms with Crippen LogP contribution in [0.1, 0.15) is 11.3 Å². The van der Waals surface area contributed by atoms with Crippen LogP contribution >= 0.6 is 0 Å². The summed E-state index contributed by atoms with van der Waals surface area (Å²) in [6.07, 6.45) is 0.750. The van der Waals surface area contributed by atoms with E-state index in [1.807, 2.05) is 13.8 Å². The zero-order valence-electron chi connectivity index (χ0n) is 11.3. The highest BCUT2D eigenvalue weighted by molar-refractivity contribution is 6.01. The number of nitrogens with zero attached hydrogens (tertiary/aromatic N) is 2. The van der Waals surface area contributed by atoms with Gasteiger partial charge in [0, 0.05) is 5.56 Å². The molecule has 0 spiro atoms. The predicted molar refractivity (Wildman–Crippen MR) is 70.5 cm³/mol. The first-order valence-electron chi connectivity index (χ1n) is 6.37. The molecule has 3 heterocycles. The third-order valence-corrected chi connectivity index (χ3v) is 3.32. The summed E-state index contributed by atoms with van der Waals surface area (Å²) < 4.78 is 16.1. The van der Waals surface area contributed by atoms with Crippen LogP contribution in [0.5, 0.6) is 0 Å². The van der Waals surface area contributed by atoms with Crippen molar-refractivity contribution in [3.63, 3.8) is 0 Å². The summed E-state index contributed by atoms with van der Waals surface area (Å²) in [6, 6.07) is 0. The Kier molecular flexibility index (Phi) is 3.37. The number of hydrogen-bond acceptors (Lipinski definition) is 6. The maximum absolute atomic E-state index is 12.1. The zero-order chi connectivity index (χ0) is 14.1. The van der Waals surface area contributed by atoms with Gasteiger partial charge in [-0.3, -0.25) is 4.79 Å². The fourth-order valence-electron chi connectivity index (χ4n) is 2.11. The smallest absolute Gasteiger partial charge is 0.257 e. The molecule has 0 bridgehead atoms. The lowest BCUT2D eigenvalue weighted by molar-refractivity contribution is -0.142. The summed E-state index contributed by atoms with van der Waals surface area (Å²) in [5, 5.41) is 3.47. The summed E-state index contributed by atoms with van der Waals surface area (Å²) in [6.45, 7) is 4.94. The molecule has 0 aliphatic carbocycles. The second kappa shape index (κ2) is 5.18. The summed E-state index contributed by atoms with van der Waals surface area (Å²) in [5.74, 6) is 0.916. The highest BCUT2D eigenvalue weighted by Gasteiger charge is 2.24. The largest absolute Gasteiger partial charge is 0.443 e. The summed E-state index contributed by atoms with van der Waals surface area (Å²) >= 11 is 0. The van der Waals surface area contributed by atoms with Gasteiger partial charge in [-0.05, 0) is 13.8 Å². The molecule has 1 N–H and O–H groups in total. The molecule has 1 aliphatic rings. The Balaban J connectivity index is 1.88. The molecular weight excluding hydrogens is 262 g/mol. The van der Waals surface area contributed by atoms with E-state index >= 15 is 0 Å². The highest BCUT2D eigenvalue weighted by atomic mass is 16.6. The minimum atomic E-state index is -0.609. The van der Waals surface area contributed by atoms with E-state index in [-0.39, 0.29) is 12.5 Å². The zero-order valence-corrected chi connectivity index (χ0v) is 11.3. The molecule has 1 atom stereocenters. The van der Waals surface area contributed by atoms with Gasteiger partial charge in [-0.15, -0.1) is 0 Å². The number of fused-ring (bicyclic) bond motifs is 1. The van der Waals surface area contributed by atoms with E-state index in [2.05, 4.69) is 15.3 Å². The molecule has 2 aromatic rings.